The Balaban J connectivity index is 2.27. The highest BCUT2D eigenvalue weighted by atomic mass is 16.1. The van der Waals surface area contributed by atoms with E-state index in [-0.39, 0.29) is 11.3 Å². The first-order valence-electron chi connectivity index (χ1n) is 5.20. The van der Waals surface area contributed by atoms with Crippen molar-refractivity contribution in [3.63, 3.8) is 0 Å². The van der Waals surface area contributed by atoms with Crippen molar-refractivity contribution >= 4 is 5.78 Å². The second-order valence-electron chi connectivity index (χ2n) is 4.75. The Hall–Kier alpha value is -1.11. The molecule has 0 radical (unpaired) electrons. The van der Waals surface area contributed by atoms with Gasteiger partial charge in [-0.15, -0.1) is 0 Å². The molecule has 0 spiro atoms. The molecule has 1 aromatic carbocycles. The molecule has 1 heteroatoms. The lowest BCUT2D eigenvalue weighted by atomic mass is 9.87. The molecule has 74 valence electrons. The molecular formula is C13H16O. The molecule has 0 aromatic heterocycles. The normalized spacial score (nSPS) is 25.3. The minimum absolute atomic E-state index is 0.111. The summed E-state index contributed by atoms with van der Waals surface area (Å²) in [4.78, 5) is 12.0. The van der Waals surface area contributed by atoms with Crippen molar-refractivity contribution in [1.29, 1.82) is 0 Å². The van der Waals surface area contributed by atoms with Crippen LogP contribution in [0.5, 0.6) is 0 Å². The number of hydrogen-bond acceptors (Lipinski definition) is 1. The molecule has 0 heterocycles. The van der Waals surface area contributed by atoms with Crippen LogP contribution in [-0.4, -0.2) is 5.78 Å². The van der Waals surface area contributed by atoms with Gasteiger partial charge >= 0.3 is 0 Å². The van der Waals surface area contributed by atoms with Gasteiger partial charge in [0.2, 0.25) is 0 Å². The molecule has 0 saturated heterocycles. The van der Waals surface area contributed by atoms with E-state index in [9.17, 15) is 4.79 Å². The first-order chi connectivity index (χ1) is 6.61. The molecule has 1 fully saturated rings. The molecule has 1 aromatic rings. The summed E-state index contributed by atoms with van der Waals surface area (Å²) >= 11 is 0. The number of benzene rings is 1. The SMILES string of the molecule is CC1(C)CCC(c2ccccc2)C1=O. The Labute approximate surface area is 85.1 Å². The van der Waals surface area contributed by atoms with Crippen LogP contribution in [0.3, 0.4) is 0 Å². The average molecular weight is 188 g/mol. The van der Waals surface area contributed by atoms with E-state index >= 15 is 0 Å². The third-order valence-corrected chi connectivity index (χ3v) is 3.24. The summed E-state index contributed by atoms with van der Waals surface area (Å²) in [5.74, 6) is 0.551. The van der Waals surface area contributed by atoms with Crippen molar-refractivity contribution in [2.24, 2.45) is 5.41 Å². The fourth-order valence-corrected chi connectivity index (χ4v) is 2.23. The molecule has 1 aliphatic carbocycles. The van der Waals surface area contributed by atoms with Crippen LogP contribution in [0.15, 0.2) is 30.3 Å². The summed E-state index contributed by atoms with van der Waals surface area (Å²) in [5, 5.41) is 0. The molecule has 0 N–H and O–H groups in total. The Kier molecular flexibility index (Phi) is 2.18. The Morgan fingerprint density at radius 3 is 2.36 bits per heavy atom. The van der Waals surface area contributed by atoms with Gasteiger partial charge in [-0.25, -0.2) is 0 Å². The molecule has 0 bridgehead atoms. The fraction of sp³-hybridized carbons (Fsp3) is 0.462. The molecule has 1 saturated carbocycles. The van der Waals surface area contributed by atoms with Gasteiger partial charge in [0.25, 0.3) is 0 Å². The second-order valence-corrected chi connectivity index (χ2v) is 4.75. The van der Waals surface area contributed by atoms with Crippen molar-refractivity contribution in [2.75, 3.05) is 0 Å². The number of ketones is 1. The maximum Gasteiger partial charge on any atom is 0.145 e. The molecule has 0 amide bonds. The van der Waals surface area contributed by atoms with E-state index in [1.165, 1.54) is 5.56 Å². The Bertz CT molecular complexity index is 338. The van der Waals surface area contributed by atoms with Crippen molar-refractivity contribution in [3.8, 4) is 0 Å². The molecule has 2 rings (SSSR count). The molecule has 1 unspecified atom stereocenters. The van der Waals surface area contributed by atoms with Crippen LogP contribution >= 0.6 is 0 Å². The predicted molar refractivity (Wildman–Crippen MR) is 57.2 cm³/mol. The van der Waals surface area contributed by atoms with Gasteiger partial charge in [0.05, 0.1) is 0 Å². The predicted octanol–water partition coefficient (Wildman–Crippen LogP) is 3.16. The zero-order chi connectivity index (χ0) is 10.2. The van der Waals surface area contributed by atoms with Crippen LogP contribution < -0.4 is 0 Å². The summed E-state index contributed by atoms with van der Waals surface area (Å²) in [7, 11) is 0. The first kappa shape index (κ1) is 9.45. The highest BCUT2D eigenvalue weighted by Crippen LogP contribution is 2.42. The summed E-state index contributed by atoms with van der Waals surface area (Å²) in [6.07, 6.45) is 2.03. The first-order valence-corrected chi connectivity index (χ1v) is 5.20. The standard InChI is InChI=1S/C13H16O/c1-13(2)9-8-11(12(13)14)10-6-4-3-5-7-10/h3-7,11H,8-9H2,1-2H3. The van der Waals surface area contributed by atoms with Gasteiger partial charge in [-0.05, 0) is 18.4 Å². The number of rotatable bonds is 1. The Morgan fingerprint density at radius 1 is 1.21 bits per heavy atom. The van der Waals surface area contributed by atoms with Crippen LogP contribution in [-0.2, 0) is 4.79 Å². The van der Waals surface area contributed by atoms with Gasteiger partial charge in [-0.1, -0.05) is 44.2 Å². The van der Waals surface area contributed by atoms with E-state index in [4.69, 9.17) is 0 Å². The summed E-state index contributed by atoms with van der Waals surface area (Å²) in [5.41, 5.74) is 1.07. The smallest absolute Gasteiger partial charge is 0.145 e. The van der Waals surface area contributed by atoms with Crippen LogP contribution in [0.4, 0.5) is 0 Å². The van der Waals surface area contributed by atoms with Gasteiger partial charge in [-0.3, -0.25) is 4.79 Å². The molecular weight excluding hydrogens is 172 g/mol. The van der Waals surface area contributed by atoms with Crippen molar-refractivity contribution in [2.45, 2.75) is 32.6 Å². The zero-order valence-corrected chi connectivity index (χ0v) is 8.79. The van der Waals surface area contributed by atoms with Gasteiger partial charge in [-0.2, -0.15) is 0 Å². The van der Waals surface area contributed by atoms with Crippen molar-refractivity contribution in [1.82, 2.24) is 0 Å². The minimum Gasteiger partial charge on any atom is -0.298 e. The molecule has 1 aliphatic rings. The number of carbonyl (C=O) groups is 1. The maximum atomic E-state index is 12.0. The topological polar surface area (TPSA) is 17.1 Å². The lowest BCUT2D eigenvalue weighted by Gasteiger charge is -2.15. The highest BCUT2D eigenvalue weighted by Gasteiger charge is 2.40. The van der Waals surface area contributed by atoms with Crippen LogP contribution in [0.1, 0.15) is 38.2 Å². The molecule has 1 nitrogen and oxygen atoms in total. The third kappa shape index (κ3) is 1.47. The fourth-order valence-electron chi connectivity index (χ4n) is 2.23. The lowest BCUT2D eigenvalue weighted by Crippen LogP contribution is -2.20. The Morgan fingerprint density at radius 2 is 1.86 bits per heavy atom. The van der Waals surface area contributed by atoms with Gasteiger partial charge in [0.15, 0.2) is 0 Å². The molecule has 14 heavy (non-hydrogen) atoms. The molecule has 0 aliphatic heterocycles. The van der Waals surface area contributed by atoms with Crippen LogP contribution in [0.2, 0.25) is 0 Å². The van der Waals surface area contributed by atoms with Gasteiger partial charge < -0.3 is 0 Å². The third-order valence-electron chi connectivity index (χ3n) is 3.24. The zero-order valence-electron chi connectivity index (χ0n) is 8.79. The summed E-state index contributed by atoms with van der Waals surface area (Å²) in [6, 6.07) is 10.1. The largest absolute Gasteiger partial charge is 0.298 e. The van der Waals surface area contributed by atoms with Gasteiger partial charge in [0, 0.05) is 11.3 Å². The average Bonchev–Trinajstić information content (AvgIpc) is 2.44. The monoisotopic (exact) mass is 188 g/mol. The number of carbonyl (C=O) groups excluding carboxylic acids is 1. The van der Waals surface area contributed by atoms with E-state index in [2.05, 4.69) is 26.0 Å². The number of hydrogen-bond donors (Lipinski definition) is 0. The lowest BCUT2D eigenvalue weighted by molar-refractivity contribution is -0.125. The van der Waals surface area contributed by atoms with E-state index < -0.39 is 0 Å². The van der Waals surface area contributed by atoms with Crippen LogP contribution in [0.25, 0.3) is 0 Å². The minimum atomic E-state index is -0.111. The quantitative estimate of drug-likeness (QED) is 0.661. The van der Waals surface area contributed by atoms with E-state index in [1.807, 2.05) is 18.2 Å². The van der Waals surface area contributed by atoms with E-state index in [1.54, 1.807) is 0 Å². The molecule has 1 atom stereocenters. The van der Waals surface area contributed by atoms with Gasteiger partial charge in [0.1, 0.15) is 5.78 Å². The van der Waals surface area contributed by atoms with Crippen LogP contribution in [0, 0.1) is 5.41 Å². The second kappa shape index (κ2) is 3.23. The summed E-state index contributed by atoms with van der Waals surface area (Å²) in [6.45, 7) is 4.11. The maximum absolute atomic E-state index is 12.0. The van der Waals surface area contributed by atoms with Crippen molar-refractivity contribution < 1.29 is 4.79 Å². The van der Waals surface area contributed by atoms with E-state index in [0.29, 0.717) is 5.78 Å². The van der Waals surface area contributed by atoms with E-state index in [0.717, 1.165) is 12.8 Å². The highest BCUT2D eigenvalue weighted by molar-refractivity contribution is 5.92. The number of Topliss-reactive ketones (excluding diaryl/α,β-unsaturated/α-hetero) is 1. The summed E-state index contributed by atoms with van der Waals surface area (Å²) < 4.78 is 0. The van der Waals surface area contributed by atoms with Crippen molar-refractivity contribution in [3.05, 3.63) is 35.9 Å².